The molecule has 108 valence electrons. The van der Waals surface area contributed by atoms with Crippen molar-refractivity contribution in [2.75, 3.05) is 26.7 Å². The van der Waals surface area contributed by atoms with Crippen LogP contribution in [0.4, 0.5) is 0 Å². The first-order chi connectivity index (χ1) is 8.45. The first kappa shape index (κ1) is 15.9. The average molecular weight is 277 g/mol. The molecule has 5 nitrogen and oxygen atoms in total. The minimum absolute atomic E-state index is 0.480. The zero-order valence-corrected chi connectivity index (χ0v) is 12.4. The quantitative estimate of drug-likeness (QED) is 0.727. The van der Waals surface area contributed by atoms with Gasteiger partial charge in [0, 0.05) is 20.1 Å². The van der Waals surface area contributed by atoms with Crippen molar-refractivity contribution >= 4 is 10.2 Å². The average Bonchev–Trinajstić information content (AvgIpc) is 2.35. The maximum Gasteiger partial charge on any atom is 0.279 e. The van der Waals surface area contributed by atoms with Gasteiger partial charge in [0.05, 0.1) is 0 Å². The summed E-state index contributed by atoms with van der Waals surface area (Å²) in [5, 5.41) is 0. The van der Waals surface area contributed by atoms with Crippen molar-refractivity contribution in [1.29, 1.82) is 0 Å². The van der Waals surface area contributed by atoms with Crippen LogP contribution in [0.25, 0.3) is 0 Å². The Hall–Kier alpha value is -0.170. The molecule has 0 aromatic heterocycles. The Balaban J connectivity index is 2.32. The Morgan fingerprint density at radius 3 is 2.44 bits per heavy atom. The molecular weight excluding hydrogens is 250 g/mol. The van der Waals surface area contributed by atoms with Gasteiger partial charge in [0.2, 0.25) is 0 Å². The van der Waals surface area contributed by atoms with Crippen LogP contribution in [0.3, 0.4) is 0 Å². The van der Waals surface area contributed by atoms with Crippen LogP contribution < -0.4 is 10.5 Å². The minimum atomic E-state index is -3.32. The van der Waals surface area contributed by atoms with Gasteiger partial charge in [-0.25, -0.2) is 4.72 Å². The van der Waals surface area contributed by atoms with Crippen LogP contribution in [-0.2, 0) is 10.2 Å². The van der Waals surface area contributed by atoms with Crippen LogP contribution >= 0.6 is 0 Å². The number of hydrogen-bond acceptors (Lipinski definition) is 3. The number of nitrogens with one attached hydrogen (secondary N) is 1. The number of nitrogens with zero attached hydrogens (tertiary/aromatic N) is 1. The lowest BCUT2D eigenvalue weighted by Crippen LogP contribution is -2.41. The second-order valence-electron chi connectivity index (χ2n) is 5.44. The second-order valence-corrected chi connectivity index (χ2v) is 7.31. The van der Waals surface area contributed by atoms with E-state index >= 15 is 0 Å². The summed E-state index contributed by atoms with van der Waals surface area (Å²) in [4.78, 5) is 0. The Morgan fingerprint density at radius 1 is 1.28 bits per heavy atom. The molecule has 0 aromatic carbocycles. The SMILES string of the molecule is CC1CCC(CNS(=O)(=O)N(C)CCCN)CC1. The molecule has 0 unspecified atom stereocenters. The van der Waals surface area contributed by atoms with E-state index in [2.05, 4.69) is 11.6 Å². The van der Waals surface area contributed by atoms with Crippen molar-refractivity contribution in [1.82, 2.24) is 9.03 Å². The van der Waals surface area contributed by atoms with Gasteiger partial charge in [-0.05, 0) is 37.6 Å². The van der Waals surface area contributed by atoms with Gasteiger partial charge in [0.15, 0.2) is 0 Å². The summed E-state index contributed by atoms with van der Waals surface area (Å²) in [7, 11) is -1.72. The molecule has 0 spiro atoms. The van der Waals surface area contributed by atoms with Gasteiger partial charge in [-0.15, -0.1) is 0 Å². The van der Waals surface area contributed by atoms with Crippen LogP contribution in [0.1, 0.15) is 39.0 Å². The summed E-state index contributed by atoms with van der Waals surface area (Å²) in [6, 6.07) is 0. The summed E-state index contributed by atoms with van der Waals surface area (Å²) in [6.07, 6.45) is 5.40. The molecule has 18 heavy (non-hydrogen) atoms. The first-order valence-electron chi connectivity index (χ1n) is 6.86. The number of hydrogen-bond donors (Lipinski definition) is 2. The van der Waals surface area contributed by atoms with Crippen LogP contribution in [-0.4, -0.2) is 39.4 Å². The third kappa shape index (κ3) is 5.22. The Morgan fingerprint density at radius 2 is 1.89 bits per heavy atom. The monoisotopic (exact) mass is 277 g/mol. The van der Waals surface area contributed by atoms with Gasteiger partial charge in [-0.1, -0.05) is 19.8 Å². The topological polar surface area (TPSA) is 75.4 Å². The number of nitrogens with two attached hydrogens (primary N) is 1. The molecule has 6 heteroatoms. The van der Waals surface area contributed by atoms with Crippen LogP contribution in [0, 0.1) is 11.8 Å². The molecule has 0 aromatic rings. The lowest BCUT2D eigenvalue weighted by molar-refractivity contribution is 0.289. The molecular formula is C12H27N3O2S. The fraction of sp³-hybridized carbons (Fsp3) is 1.00. The van der Waals surface area contributed by atoms with Crippen LogP contribution in [0.15, 0.2) is 0 Å². The molecule has 1 fully saturated rings. The van der Waals surface area contributed by atoms with Crippen LogP contribution in [0.5, 0.6) is 0 Å². The van der Waals surface area contributed by atoms with Gasteiger partial charge in [0.25, 0.3) is 10.2 Å². The smallest absolute Gasteiger partial charge is 0.279 e. The largest absolute Gasteiger partial charge is 0.330 e. The third-order valence-corrected chi connectivity index (χ3v) is 5.31. The van der Waals surface area contributed by atoms with E-state index in [1.807, 2.05) is 0 Å². The maximum atomic E-state index is 11.9. The van der Waals surface area contributed by atoms with E-state index in [1.54, 1.807) is 7.05 Å². The fourth-order valence-corrected chi connectivity index (χ4v) is 3.34. The number of rotatable bonds is 7. The van der Waals surface area contributed by atoms with Crippen LogP contribution in [0.2, 0.25) is 0 Å². The van der Waals surface area contributed by atoms with Gasteiger partial charge in [-0.2, -0.15) is 12.7 Å². The maximum absolute atomic E-state index is 11.9. The van der Waals surface area contributed by atoms with E-state index in [0.717, 1.165) is 18.8 Å². The summed E-state index contributed by atoms with van der Waals surface area (Å²) in [5.74, 6) is 1.30. The molecule has 0 saturated heterocycles. The molecule has 0 aliphatic heterocycles. The molecule has 0 atom stereocenters. The van der Waals surface area contributed by atoms with Gasteiger partial charge < -0.3 is 5.73 Å². The highest BCUT2D eigenvalue weighted by Crippen LogP contribution is 2.27. The standard InChI is InChI=1S/C12H27N3O2S/c1-11-4-6-12(7-5-11)10-14-18(16,17)15(2)9-3-8-13/h11-12,14H,3-10,13H2,1-2H3. The molecule has 0 bridgehead atoms. The van der Waals surface area contributed by atoms with E-state index < -0.39 is 10.2 Å². The molecule has 3 N–H and O–H groups in total. The van der Waals surface area contributed by atoms with Crippen molar-refractivity contribution in [3.05, 3.63) is 0 Å². The molecule has 1 saturated carbocycles. The van der Waals surface area contributed by atoms with Crippen molar-refractivity contribution in [2.24, 2.45) is 17.6 Å². The van der Waals surface area contributed by atoms with E-state index in [9.17, 15) is 8.42 Å². The molecule has 1 aliphatic carbocycles. The molecule has 1 rings (SSSR count). The molecule has 0 radical (unpaired) electrons. The summed E-state index contributed by atoms with van der Waals surface area (Å²) < 4.78 is 27.9. The zero-order chi connectivity index (χ0) is 13.6. The Bertz CT molecular complexity index is 324. The lowest BCUT2D eigenvalue weighted by atomic mass is 9.83. The highest BCUT2D eigenvalue weighted by atomic mass is 32.2. The third-order valence-electron chi connectivity index (χ3n) is 3.78. The van der Waals surface area contributed by atoms with E-state index in [4.69, 9.17) is 5.73 Å². The molecule has 1 aliphatic rings. The van der Waals surface area contributed by atoms with E-state index in [-0.39, 0.29) is 0 Å². The minimum Gasteiger partial charge on any atom is -0.330 e. The van der Waals surface area contributed by atoms with Crippen molar-refractivity contribution in [3.63, 3.8) is 0 Å². The summed E-state index contributed by atoms with van der Waals surface area (Å²) >= 11 is 0. The van der Waals surface area contributed by atoms with Crippen molar-refractivity contribution in [3.8, 4) is 0 Å². The van der Waals surface area contributed by atoms with Gasteiger partial charge >= 0.3 is 0 Å². The molecule has 0 heterocycles. The first-order valence-corrected chi connectivity index (χ1v) is 8.30. The zero-order valence-electron chi connectivity index (χ0n) is 11.6. The van der Waals surface area contributed by atoms with E-state index in [0.29, 0.717) is 32.0 Å². The Labute approximate surface area is 111 Å². The Kier molecular flexibility index (Phi) is 6.55. The summed E-state index contributed by atoms with van der Waals surface area (Å²) in [6.45, 7) is 3.83. The van der Waals surface area contributed by atoms with Gasteiger partial charge in [-0.3, -0.25) is 0 Å². The molecule has 0 amide bonds. The van der Waals surface area contributed by atoms with E-state index in [1.165, 1.54) is 17.1 Å². The predicted molar refractivity (Wildman–Crippen MR) is 74.3 cm³/mol. The predicted octanol–water partition coefficient (Wildman–Crippen LogP) is 0.928. The fourth-order valence-electron chi connectivity index (χ4n) is 2.30. The highest BCUT2D eigenvalue weighted by molar-refractivity contribution is 7.87. The normalized spacial score (nSPS) is 25.6. The van der Waals surface area contributed by atoms with Crippen molar-refractivity contribution in [2.45, 2.75) is 39.0 Å². The lowest BCUT2D eigenvalue weighted by Gasteiger charge is -2.27. The van der Waals surface area contributed by atoms with Crippen molar-refractivity contribution < 1.29 is 8.42 Å². The summed E-state index contributed by atoms with van der Waals surface area (Å²) in [5.41, 5.74) is 5.38. The second kappa shape index (κ2) is 7.43. The highest BCUT2D eigenvalue weighted by Gasteiger charge is 2.22. The van der Waals surface area contributed by atoms with Gasteiger partial charge in [0.1, 0.15) is 0 Å².